The zero-order chi connectivity index (χ0) is 9.80. The van der Waals surface area contributed by atoms with Gasteiger partial charge in [0, 0.05) is 42.0 Å². The normalized spacial score (nSPS) is 12.6. The quantitative estimate of drug-likeness (QED) is 0.818. The lowest BCUT2D eigenvalue weighted by Gasteiger charge is -2.08. The van der Waals surface area contributed by atoms with Crippen molar-refractivity contribution in [2.45, 2.75) is 12.5 Å². The monoisotopic (exact) mass is 206 g/mol. The maximum absolute atomic E-state index is 5.97. The van der Waals surface area contributed by atoms with Crippen LogP contribution >= 0.6 is 11.3 Å². The Morgan fingerprint density at radius 2 is 2.14 bits per heavy atom. The molecule has 0 aliphatic carbocycles. The highest BCUT2D eigenvalue weighted by atomic mass is 32.1. The molecule has 2 heterocycles. The van der Waals surface area contributed by atoms with E-state index in [1.807, 2.05) is 5.38 Å². The van der Waals surface area contributed by atoms with Crippen LogP contribution in [0.25, 0.3) is 0 Å². The van der Waals surface area contributed by atoms with Gasteiger partial charge in [-0.1, -0.05) is 0 Å². The Balaban J connectivity index is 2.07. The van der Waals surface area contributed by atoms with Crippen LogP contribution in [0.4, 0.5) is 0 Å². The minimum Gasteiger partial charge on any atom is -0.324 e. The van der Waals surface area contributed by atoms with Gasteiger partial charge in [-0.15, -0.1) is 11.3 Å². The fraction of sp³-hybridized carbons (Fsp3) is 0.222. The molecule has 2 aromatic heterocycles. The van der Waals surface area contributed by atoms with E-state index in [1.165, 1.54) is 6.33 Å². The Bertz CT molecular complexity index is 373. The molecule has 0 radical (unpaired) electrons. The van der Waals surface area contributed by atoms with Crippen molar-refractivity contribution in [1.82, 2.24) is 15.0 Å². The molecule has 2 aromatic rings. The third-order valence-electron chi connectivity index (χ3n) is 1.89. The second-order valence-corrected chi connectivity index (χ2v) is 3.89. The lowest BCUT2D eigenvalue weighted by Crippen LogP contribution is -2.13. The molecular formula is C9H10N4S. The van der Waals surface area contributed by atoms with E-state index in [4.69, 9.17) is 5.73 Å². The smallest absolute Gasteiger partial charge is 0.115 e. The van der Waals surface area contributed by atoms with Gasteiger partial charge in [0.1, 0.15) is 6.33 Å². The zero-order valence-electron chi connectivity index (χ0n) is 7.50. The van der Waals surface area contributed by atoms with Crippen molar-refractivity contribution in [3.05, 3.63) is 40.9 Å². The van der Waals surface area contributed by atoms with E-state index in [0.29, 0.717) is 0 Å². The molecule has 0 fully saturated rings. The minimum absolute atomic E-state index is 0.0673. The summed E-state index contributed by atoms with van der Waals surface area (Å²) in [4.78, 5) is 12.0. The molecular weight excluding hydrogens is 196 g/mol. The summed E-state index contributed by atoms with van der Waals surface area (Å²) in [6.07, 6.45) is 7.51. The van der Waals surface area contributed by atoms with Crippen LogP contribution in [-0.4, -0.2) is 15.0 Å². The topological polar surface area (TPSA) is 64.7 Å². The lowest BCUT2D eigenvalue weighted by atomic mass is 10.1. The highest BCUT2D eigenvalue weighted by molar-refractivity contribution is 7.09. The molecule has 14 heavy (non-hydrogen) atoms. The molecule has 0 aromatic carbocycles. The van der Waals surface area contributed by atoms with Crippen LogP contribution in [0.5, 0.6) is 0 Å². The molecule has 2 rings (SSSR count). The van der Waals surface area contributed by atoms with E-state index in [0.717, 1.165) is 17.0 Å². The number of rotatable bonds is 3. The first-order valence-electron chi connectivity index (χ1n) is 4.25. The molecule has 0 saturated carbocycles. The van der Waals surface area contributed by atoms with Crippen molar-refractivity contribution in [1.29, 1.82) is 0 Å². The molecule has 0 amide bonds. The summed E-state index contributed by atoms with van der Waals surface area (Å²) in [6.45, 7) is 0. The SMILES string of the molecule is NC(Cc1nccs1)c1cncnc1. The molecule has 0 saturated heterocycles. The molecule has 1 unspecified atom stereocenters. The Morgan fingerprint density at radius 3 is 2.79 bits per heavy atom. The van der Waals surface area contributed by atoms with Gasteiger partial charge in [0.2, 0.25) is 0 Å². The van der Waals surface area contributed by atoms with E-state index in [1.54, 1.807) is 29.9 Å². The molecule has 5 heteroatoms. The molecule has 72 valence electrons. The molecule has 0 spiro atoms. The standard InChI is InChI=1S/C9H10N4S/c10-8(3-9-13-1-2-14-9)7-4-11-6-12-5-7/h1-2,4-6,8H,3,10H2. The molecule has 1 atom stereocenters. The van der Waals surface area contributed by atoms with Crippen LogP contribution < -0.4 is 5.73 Å². The highest BCUT2D eigenvalue weighted by Gasteiger charge is 2.08. The summed E-state index contributed by atoms with van der Waals surface area (Å²) < 4.78 is 0. The average molecular weight is 206 g/mol. The minimum atomic E-state index is -0.0673. The van der Waals surface area contributed by atoms with Gasteiger partial charge in [-0.05, 0) is 0 Å². The zero-order valence-corrected chi connectivity index (χ0v) is 8.31. The van der Waals surface area contributed by atoms with Crippen LogP contribution in [0.15, 0.2) is 30.3 Å². The Kier molecular flexibility index (Phi) is 2.81. The summed E-state index contributed by atoms with van der Waals surface area (Å²) >= 11 is 1.61. The Labute approximate surface area is 85.9 Å². The predicted octanol–water partition coefficient (Wildman–Crippen LogP) is 1.18. The lowest BCUT2D eigenvalue weighted by molar-refractivity contribution is 0.709. The van der Waals surface area contributed by atoms with Crippen LogP contribution in [0.3, 0.4) is 0 Å². The van der Waals surface area contributed by atoms with Gasteiger partial charge >= 0.3 is 0 Å². The van der Waals surface area contributed by atoms with Crippen molar-refractivity contribution in [2.75, 3.05) is 0 Å². The highest BCUT2D eigenvalue weighted by Crippen LogP contribution is 2.15. The number of hydrogen-bond acceptors (Lipinski definition) is 5. The van der Waals surface area contributed by atoms with E-state index in [-0.39, 0.29) is 6.04 Å². The van der Waals surface area contributed by atoms with Crippen molar-refractivity contribution < 1.29 is 0 Å². The summed E-state index contributed by atoms with van der Waals surface area (Å²) in [6, 6.07) is -0.0673. The van der Waals surface area contributed by atoms with Crippen molar-refractivity contribution in [2.24, 2.45) is 5.73 Å². The fourth-order valence-corrected chi connectivity index (χ4v) is 1.84. The fourth-order valence-electron chi connectivity index (χ4n) is 1.16. The van der Waals surface area contributed by atoms with Crippen molar-refractivity contribution in [3.63, 3.8) is 0 Å². The number of nitrogens with zero attached hydrogens (tertiary/aromatic N) is 3. The van der Waals surface area contributed by atoms with Gasteiger partial charge in [0.15, 0.2) is 0 Å². The number of hydrogen-bond donors (Lipinski definition) is 1. The number of aromatic nitrogens is 3. The maximum atomic E-state index is 5.97. The molecule has 0 aliphatic heterocycles. The largest absolute Gasteiger partial charge is 0.324 e. The molecule has 0 bridgehead atoms. The van der Waals surface area contributed by atoms with Gasteiger partial charge in [-0.25, -0.2) is 15.0 Å². The van der Waals surface area contributed by atoms with E-state index in [9.17, 15) is 0 Å². The Morgan fingerprint density at radius 1 is 1.36 bits per heavy atom. The Hall–Kier alpha value is -1.33. The summed E-state index contributed by atoms with van der Waals surface area (Å²) in [5.41, 5.74) is 6.92. The first-order chi connectivity index (χ1) is 6.86. The maximum Gasteiger partial charge on any atom is 0.115 e. The third-order valence-corrected chi connectivity index (χ3v) is 2.69. The predicted molar refractivity (Wildman–Crippen MR) is 54.8 cm³/mol. The summed E-state index contributed by atoms with van der Waals surface area (Å²) in [5, 5.41) is 2.99. The molecule has 0 aliphatic rings. The third kappa shape index (κ3) is 2.12. The van der Waals surface area contributed by atoms with Crippen LogP contribution in [0.1, 0.15) is 16.6 Å². The van der Waals surface area contributed by atoms with E-state index in [2.05, 4.69) is 15.0 Å². The summed E-state index contributed by atoms with van der Waals surface area (Å²) in [5.74, 6) is 0. The van der Waals surface area contributed by atoms with E-state index < -0.39 is 0 Å². The van der Waals surface area contributed by atoms with Gasteiger partial charge in [-0.2, -0.15) is 0 Å². The number of thiazole rings is 1. The van der Waals surface area contributed by atoms with Crippen LogP contribution in [-0.2, 0) is 6.42 Å². The van der Waals surface area contributed by atoms with Crippen LogP contribution in [0.2, 0.25) is 0 Å². The van der Waals surface area contributed by atoms with Crippen molar-refractivity contribution in [3.8, 4) is 0 Å². The van der Waals surface area contributed by atoms with Crippen molar-refractivity contribution >= 4 is 11.3 Å². The second kappa shape index (κ2) is 4.26. The summed E-state index contributed by atoms with van der Waals surface area (Å²) in [7, 11) is 0. The van der Waals surface area contributed by atoms with E-state index >= 15 is 0 Å². The first kappa shape index (κ1) is 9.23. The average Bonchev–Trinajstić information content (AvgIpc) is 2.72. The molecule has 2 N–H and O–H groups in total. The van der Waals surface area contributed by atoms with Gasteiger partial charge in [0.05, 0.1) is 5.01 Å². The van der Waals surface area contributed by atoms with Gasteiger partial charge < -0.3 is 5.73 Å². The van der Waals surface area contributed by atoms with Crippen LogP contribution in [0, 0.1) is 0 Å². The van der Waals surface area contributed by atoms with Gasteiger partial charge in [0.25, 0.3) is 0 Å². The molecule has 4 nitrogen and oxygen atoms in total. The van der Waals surface area contributed by atoms with Gasteiger partial charge in [-0.3, -0.25) is 0 Å². The first-order valence-corrected chi connectivity index (χ1v) is 5.13. The second-order valence-electron chi connectivity index (χ2n) is 2.91. The number of nitrogens with two attached hydrogens (primary N) is 1.